The quantitative estimate of drug-likeness (QED) is 0.850. The molecule has 1 fully saturated rings. The van der Waals surface area contributed by atoms with E-state index in [9.17, 15) is 9.59 Å². The topological polar surface area (TPSA) is 71.5 Å². The number of carbonyl (C=O) groups excluding carboxylic acids is 2. The van der Waals surface area contributed by atoms with E-state index in [0.29, 0.717) is 22.5 Å². The summed E-state index contributed by atoms with van der Waals surface area (Å²) in [7, 11) is 1.35. The zero-order chi connectivity index (χ0) is 18.4. The first-order valence-corrected chi connectivity index (χ1v) is 8.88. The lowest BCUT2D eigenvalue weighted by Gasteiger charge is -2.20. The van der Waals surface area contributed by atoms with E-state index in [0.717, 1.165) is 25.9 Å². The number of aromatic nitrogens is 1. The fourth-order valence-electron chi connectivity index (χ4n) is 3.12. The Balaban J connectivity index is 1.80. The van der Waals surface area contributed by atoms with Gasteiger partial charge < -0.3 is 15.0 Å². The average Bonchev–Trinajstić information content (AvgIpc) is 2.97. The number of hydrogen-bond acceptors (Lipinski definition) is 5. The molecule has 1 aromatic heterocycles. The molecule has 1 amide bonds. The van der Waals surface area contributed by atoms with Crippen LogP contribution in [0.3, 0.4) is 0 Å². The number of nitrogens with zero attached hydrogens (tertiary/aromatic N) is 2. The van der Waals surface area contributed by atoms with Crippen LogP contribution < -0.4 is 5.32 Å². The predicted octanol–water partition coefficient (Wildman–Crippen LogP) is 3.63. The van der Waals surface area contributed by atoms with Gasteiger partial charge in [-0.1, -0.05) is 25.0 Å². The van der Waals surface area contributed by atoms with Crippen molar-refractivity contribution in [2.75, 3.05) is 25.5 Å². The Hall–Kier alpha value is -2.89. The number of hydrogen-bond donors (Lipinski definition) is 1. The van der Waals surface area contributed by atoms with Crippen LogP contribution in [0, 0.1) is 0 Å². The summed E-state index contributed by atoms with van der Waals surface area (Å²) in [6.07, 6.45) is 7.66. The maximum atomic E-state index is 12.8. The smallest absolute Gasteiger partial charge is 0.339 e. The minimum Gasteiger partial charge on any atom is -0.465 e. The van der Waals surface area contributed by atoms with Crippen LogP contribution in [0.2, 0.25) is 0 Å². The van der Waals surface area contributed by atoms with Gasteiger partial charge in [-0.05, 0) is 31.0 Å². The number of para-hydroxylation sites is 1. The van der Waals surface area contributed by atoms with Crippen LogP contribution in [0.4, 0.5) is 11.4 Å². The summed E-state index contributed by atoms with van der Waals surface area (Å²) < 4.78 is 4.81. The van der Waals surface area contributed by atoms with E-state index in [4.69, 9.17) is 4.74 Å². The second kappa shape index (κ2) is 8.47. The Labute approximate surface area is 153 Å². The Kier molecular flexibility index (Phi) is 5.84. The number of carbonyl (C=O) groups is 2. The Morgan fingerprint density at radius 3 is 2.54 bits per heavy atom. The highest BCUT2D eigenvalue weighted by atomic mass is 16.5. The van der Waals surface area contributed by atoms with Crippen molar-refractivity contribution in [3.8, 4) is 0 Å². The van der Waals surface area contributed by atoms with Crippen molar-refractivity contribution in [2.45, 2.75) is 25.7 Å². The van der Waals surface area contributed by atoms with E-state index >= 15 is 0 Å². The third-order valence-electron chi connectivity index (χ3n) is 4.49. The third-order valence-corrected chi connectivity index (χ3v) is 4.49. The molecule has 0 saturated carbocycles. The van der Waals surface area contributed by atoms with Gasteiger partial charge in [0.05, 0.1) is 35.8 Å². The van der Waals surface area contributed by atoms with Gasteiger partial charge in [-0.25, -0.2) is 4.79 Å². The number of anilines is 2. The van der Waals surface area contributed by atoms with Gasteiger partial charge in [0.25, 0.3) is 5.91 Å². The van der Waals surface area contributed by atoms with Crippen LogP contribution in [0.25, 0.3) is 0 Å². The molecule has 0 unspecified atom stereocenters. The van der Waals surface area contributed by atoms with Crippen molar-refractivity contribution >= 4 is 23.3 Å². The molecule has 1 saturated heterocycles. The molecule has 0 bridgehead atoms. The molecule has 0 radical (unpaired) electrons. The summed E-state index contributed by atoms with van der Waals surface area (Å²) in [6, 6.07) is 8.85. The van der Waals surface area contributed by atoms with Crippen LogP contribution in [0.5, 0.6) is 0 Å². The normalized spacial score (nSPS) is 14.4. The first-order valence-electron chi connectivity index (χ1n) is 8.88. The van der Waals surface area contributed by atoms with E-state index < -0.39 is 5.97 Å². The summed E-state index contributed by atoms with van der Waals surface area (Å²) in [6.45, 7) is 1.59. The number of nitrogens with one attached hydrogen (secondary N) is 1. The largest absolute Gasteiger partial charge is 0.465 e. The highest BCUT2D eigenvalue weighted by Gasteiger charge is 2.18. The van der Waals surface area contributed by atoms with Crippen LogP contribution in [-0.2, 0) is 4.74 Å². The maximum absolute atomic E-state index is 12.8. The van der Waals surface area contributed by atoms with Crippen molar-refractivity contribution < 1.29 is 14.3 Å². The summed E-state index contributed by atoms with van der Waals surface area (Å²) in [5, 5.41) is 3.16. The molecule has 2 heterocycles. The Morgan fingerprint density at radius 1 is 1.08 bits per heavy atom. The number of methoxy groups -OCH3 is 1. The molecule has 1 N–H and O–H groups in total. The molecule has 1 aliphatic rings. The van der Waals surface area contributed by atoms with Crippen molar-refractivity contribution in [3.63, 3.8) is 0 Å². The lowest BCUT2D eigenvalue weighted by atomic mass is 10.1. The zero-order valence-corrected chi connectivity index (χ0v) is 14.9. The van der Waals surface area contributed by atoms with Crippen LogP contribution in [0.1, 0.15) is 46.4 Å². The number of rotatable bonds is 4. The van der Waals surface area contributed by atoms with E-state index in [1.165, 1.54) is 20.0 Å². The summed E-state index contributed by atoms with van der Waals surface area (Å²) in [4.78, 5) is 30.8. The SMILES string of the molecule is COC(=O)c1ccccc1Nc1cncc(C(=O)N2CCCCCC2)c1. The molecule has 0 atom stereocenters. The minimum atomic E-state index is -0.419. The number of amides is 1. The minimum absolute atomic E-state index is 0.00398. The molecule has 6 heteroatoms. The second-order valence-corrected chi connectivity index (χ2v) is 6.33. The standard InChI is InChI=1S/C20H23N3O3/c1-26-20(25)17-8-4-5-9-18(17)22-16-12-15(13-21-14-16)19(24)23-10-6-2-3-7-11-23/h4-5,8-9,12-14,22H,2-3,6-7,10-11H2,1H3. The molecule has 1 aliphatic heterocycles. The molecule has 1 aromatic carbocycles. The van der Waals surface area contributed by atoms with Crippen molar-refractivity contribution in [3.05, 3.63) is 53.9 Å². The van der Waals surface area contributed by atoms with Crippen molar-refractivity contribution in [1.29, 1.82) is 0 Å². The number of ether oxygens (including phenoxy) is 1. The predicted molar refractivity (Wildman–Crippen MR) is 99.7 cm³/mol. The van der Waals surface area contributed by atoms with Gasteiger partial charge in [0.2, 0.25) is 0 Å². The van der Waals surface area contributed by atoms with E-state index in [1.54, 1.807) is 36.7 Å². The van der Waals surface area contributed by atoms with E-state index in [2.05, 4.69) is 10.3 Å². The number of esters is 1. The highest BCUT2D eigenvalue weighted by molar-refractivity contribution is 5.97. The number of pyridine rings is 1. The molecule has 26 heavy (non-hydrogen) atoms. The third kappa shape index (κ3) is 4.20. The molecule has 0 aliphatic carbocycles. The number of benzene rings is 1. The van der Waals surface area contributed by atoms with E-state index in [-0.39, 0.29) is 5.91 Å². The molecule has 3 rings (SSSR count). The fraction of sp³-hybridized carbons (Fsp3) is 0.350. The molecule has 2 aromatic rings. The fourth-order valence-corrected chi connectivity index (χ4v) is 3.12. The summed E-state index contributed by atoms with van der Waals surface area (Å²) >= 11 is 0. The highest BCUT2D eigenvalue weighted by Crippen LogP contribution is 2.22. The van der Waals surface area contributed by atoms with Crippen LogP contribution >= 0.6 is 0 Å². The Morgan fingerprint density at radius 2 is 1.81 bits per heavy atom. The summed E-state index contributed by atoms with van der Waals surface area (Å²) in [5.74, 6) is -0.415. The van der Waals surface area contributed by atoms with Gasteiger partial charge in [-0.3, -0.25) is 9.78 Å². The van der Waals surface area contributed by atoms with Gasteiger partial charge in [0.15, 0.2) is 0 Å². The first-order chi connectivity index (χ1) is 12.7. The average molecular weight is 353 g/mol. The van der Waals surface area contributed by atoms with Gasteiger partial charge >= 0.3 is 5.97 Å². The van der Waals surface area contributed by atoms with Gasteiger partial charge in [0.1, 0.15) is 0 Å². The van der Waals surface area contributed by atoms with Gasteiger partial charge in [-0.15, -0.1) is 0 Å². The first kappa shape index (κ1) is 17.9. The van der Waals surface area contributed by atoms with Crippen LogP contribution in [-0.4, -0.2) is 42.0 Å². The molecule has 136 valence electrons. The molecular weight excluding hydrogens is 330 g/mol. The van der Waals surface area contributed by atoms with Gasteiger partial charge in [-0.2, -0.15) is 0 Å². The lowest BCUT2D eigenvalue weighted by Crippen LogP contribution is -2.31. The Bertz CT molecular complexity index is 783. The monoisotopic (exact) mass is 353 g/mol. The zero-order valence-electron chi connectivity index (χ0n) is 14.9. The molecule has 0 spiro atoms. The van der Waals surface area contributed by atoms with Crippen molar-refractivity contribution in [1.82, 2.24) is 9.88 Å². The maximum Gasteiger partial charge on any atom is 0.339 e. The molecular formula is C20H23N3O3. The van der Waals surface area contributed by atoms with Crippen molar-refractivity contribution in [2.24, 2.45) is 0 Å². The van der Waals surface area contributed by atoms with E-state index in [1.807, 2.05) is 11.0 Å². The summed E-state index contributed by atoms with van der Waals surface area (Å²) in [5.41, 5.74) is 2.24. The van der Waals surface area contributed by atoms with Gasteiger partial charge in [0, 0.05) is 19.3 Å². The van der Waals surface area contributed by atoms with Crippen LogP contribution in [0.15, 0.2) is 42.7 Å². The lowest BCUT2D eigenvalue weighted by molar-refractivity contribution is 0.0601. The molecule has 6 nitrogen and oxygen atoms in total. The second-order valence-electron chi connectivity index (χ2n) is 6.33. The number of likely N-dealkylation sites (tertiary alicyclic amines) is 1.